The molecule has 3 aromatic rings. The highest BCUT2D eigenvalue weighted by molar-refractivity contribution is 9.10. The second kappa shape index (κ2) is 9.30. The van der Waals surface area contributed by atoms with Gasteiger partial charge >= 0.3 is 5.97 Å². The molecule has 0 saturated heterocycles. The first kappa shape index (κ1) is 20.5. The van der Waals surface area contributed by atoms with Crippen molar-refractivity contribution < 1.29 is 14.6 Å². The molecule has 3 heterocycles. The van der Waals surface area contributed by atoms with Crippen LogP contribution < -0.4 is 0 Å². The largest absolute Gasteiger partial charge is 0.481 e. The number of carbonyl (C=O) groups is 1. The number of nitrogens with zero attached hydrogens (tertiary/aromatic N) is 3. The highest BCUT2D eigenvalue weighted by atomic mass is 79.9. The van der Waals surface area contributed by atoms with Crippen LogP contribution in [0.4, 0.5) is 0 Å². The third-order valence-electron chi connectivity index (χ3n) is 4.77. The van der Waals surface area contributed by atoms with Gasteiger partial charge in [-0.25, -0.2) is 4.52 Å². The Hall–Kier alpha value is -2.25. The summed E-state index contributed by atoms with van der Waals surface area (Å²) < 4.78 is 8.33. The van der Waals surface area contributed by atoms with Crippen LogP contribution in [0.1, 0.15) is 43.1 Å². The van der Waals surface area contributed by atoms with Gasteiger partial charge in [0.2, 0.25) is 0 Å². The predicted octanol–water partition coefficient (Wildman–Crippen LogP) is 4.67. The van der Waals surface area contributed by atoms with Gasteiger partial charge in [-0.3, -0.25) is 9.78 Å². The normalized spacial score (nSPS) is 11.2. The minimum Gasteiger partial charge on any atom is -0.481 e. The van der Waals surface area contributed by atoms with E-state index in [4.69, 9.17) is 14.9 Å². The molecule has 148 valence electrons. The number of unbranched alkanes of at least 4 members (excludes halogenated alkanes) is 1. The Morgan fingerprint density at radius 1 is 1.29 bits per heavy atom. The van der Waals surface area contributed by atoms with E-state index in [0.29, 0.717) is 13.0 Å². The minimum absolute atomic E-state index is 0.175. The van der Waals surface area contributed by atoms with E-state index in [0.717, 1.165) is 57.3 Å². The Morgan fingerprint density at radius 3 is 2.79 bits per heavy atom. The minimum atomic E-state index is -0.763. The van der Waals surface area contributed by atoms with Crippen LogP contribution >= 0.6 is 15.9 Å². The zero-order valence-corrected chi connectivity index (χ0v) is 17.7. The lowest BCUT2D eigenvalue weighted by molar-refractivity contribution is -0.137. The fraction of sp³-hybridized carbons (Fsp3) is 0.381. The standard InChI is InChI=1S/C21H24BrN3O3/c1-3-16-8-9-19-21(14-10-15(22)12-23-11-14)17(6-4-5-7-20(26)27)18(13-28-2)24-25(16)19/h8-12H,3-7,13H2,1-2H3,(H,26,27). The summed E-state index contributed by atoms with van der Waals surface area (Å²) in [7, 11) is 1.66. The van der Waals surface area contributed by atoms with Crippen molar-refractivity contribution in [3.05, 3.63) is 52.0 Å². The van der Waals surface area contributed by atoms with Crippen molar-refractivity contribution in [3.63, 3.8) is 0 Å². The van der Waals surface area contributed by atoms with Gasteiger partial charge in [0, 0.05) is 47.2 Å². The van der Waals surface area contributed by atoms with Crippen LogP contribution in [0.15, 0.2) is 35.1 Å². The number of pyridine rings is 1. The lowest BCUT2D eigenvalue weighted by Crippen LogP contribution is -2.10. The molecular weight excluding hydrogens is 422 g/mol. The summed E-state index contributed by atoms with van der Waals surface area (Å²) >= 11 is 3.52. The number of carboxylic acid groups (broad SMARTS) is 1. The average Bonchev–Trinajstić information content (AvgIpc) is 3.07. The van der Waals surface area contributed by atoms with Crippen LogP contribution in [0.2, 0.25) is 0 Å². The number of fused-ring (bicyclic) bond motifs is 1. The highest BCUT2D eigenvalue weighted by Gasteiger charge is 2.19. The molecule has 3 aromatic heterocycles. The van der Waals surface area contributed by atoms with Crippen molar-refractivity contribution in [2.24, 2.45) is 0 Å². The summed E-state index contributed by atoms with van der Waals surface area (Å²) in [5.41, 5.74) is 6.24. The molecule has 0 atom stereocenters. The fourth-order valence-corrected chi connectivity index (χ4v) is 3.86. The van der Waals surface area contributed by atoms with Gasteiger partial charge in [0.1, 0.15) is 0 Å². The van der Waals surface area contributed by atoms with E-state index in [1.807, 2.05) is 10.7 Å². The van der Waals surface area contributed by atoms with Crippen LogP contribution in [0.25, 0.3) is 16.6 Å². The maximum absolute atomic E-state index is 10.9. The SMILES string of the molecule is CCc1ccc2c(-c3cncc(Br)c3)c(CCCCC(=O)O)c(COC)nn12. The summed E-state index contributed by atoms with van der Waals surface area (Å²) in [5.74, 6) is -0.763. The second-order valence-electron chi connectivity index (χ2n) is 6.70. The van der Waals surface area contributed by atoms with Gasteiger partial charge in [-0.05, 0) is 65.4 Å². The zero-order valence-electron chi connectivity index (χ0n) is 16.1. The molecule has 0 aliphatic carbocycles. The van der Waals surface area contributed by atoms with Crippen LogP contribution in [-0.2, 0) is 29.0 Å². The number of aryl methyl sites for hydroxylation is 1. The molecule has 0 amide bonds. The number of hydrogen-bond acceptors (Lipinski definition) is 4. The molecule has 0 aromatic carbocycles. The molecule has 6 nitrogen and oxygen atoms in total. The monoisotopic (exact) mass is 445 g/mol. The van der Waals surface area contributed by atoms with Gasteiger partial charge in [0.05, 0.1) is 17.8 Å². The number of hydrogen-bond donors (Lipinski definition) is 1. The lowest BCUT2D eigenvalue weighted by atomic mass is 9.95. The van der Waals surface area contributed by atoms with Gasteiger partial charge in [-0.15, -0.1) is 0 Å². The summed E-state index contributed by atoms with van der Waals surface area (Å²) in [6.45, 7) is 2.51. The molecule has 1 N–H and O–H groups in total. The summed E-state index contributed by atoms with van der Waals surface area (Å²) in [6, 6.07) is 6.25. The molecule has 0 bridgehead atoms. The zero-order chi connectivity index (χ0) is 20.1. The van der Waals surface area contributed by atoms with Crippen LogP contribution in [-0.4, -0.2) is 32.8 Å². The number of carboxylic acids is 1. The van der Waals surface area contributed by atoms with E-state index in [2.05, 4.69) is 46.0 Å². The number of rotatable bonds is 9. The van der Waals surface area contributed by atoms with Gasteiger partial charge in [-0.2, -0.15) is 5.10 Å². The smallest absolute Gasteiger partial charge is 0.303 e. The molecule has 28 heavy (non-hydrogen) atoms. The molecule has 0 unspecified atom stereocenters. The van der Waals surface area contributed by atoms with Gasteiger partial charge < -0.3 is 9.84 Å². The van der Waals surface area contributed by atoms with Crippen LogP contribution in [0.5, 0.6) is 0 Å². The van der Waals surface area contributed by atoms with E-state index < -0.39 is 5.97 Å². The molecule has 0 radical (unpaired) electrons. The van der Waals surface area contributed by atoms with Crippen molar-refractivity contribution >= 4 is 27.4 Å². The second-order valence-corrected chi connectivity index (χ2v) is 7.62. The van der Waals surface area contributed by atoms with Crippen molar-refractivity contribution in [1.82, 2.24) is 14.6 Å². The molecule has 0 saturated carbocycles. The van der Waals surface area contributed by atoms with Crippen LogP contribution in [0.3, 0.4) is 0 Å². The van der Waals surface area contributed by atoms with E-state index in [1.165, 1.54) is 0 Å². The summed E-state index contributed by atoms with van der Waals surface area (Å²) in [5, 5.41) is 13.8. The number of aromatic nitrogens is 3. The molecule has 0 aliphatic heterocycles. The van der Waals surface area contributed by atoms with E-state index in [9.17, 15) is 4.79 Å². The molecular formula is C21H24BrN3O3. The summed E-state index contributed by atoms with van der Waals surface area (Å²) in [4.78, 5) is 15.2. The number of halogens is 1. The molecule has 0 fully saturated rings. The highest BCUT2D eigenvalue weighted by Crippen LogP contribution is 2.33. The Labute approximate surface area is 172 Å². The Morgan fingerprint density at radius 2 is 2.11 bits per heavy atom. The van der Waals surface area contributed by atoms with Crippen molar-refractivity contribution in [2.45, 2.75) is 45.6 Å². The molecule has 0 aliphatic rings. The average molecular weight is 446 g/mol. The van der Waals surface area contributed by atoms with Crippen molar-refractivity contribution in [3.8, 4) is 11.1 Å². The third kappa shape index (κ3) is 4.42. The van der Waals surface area contributed by atoms with Gasteiger partial charge in [0.15, 0.2) is 0 Å². The third-order valence-corrected chi connectivity index (χ3v) is 5.20. The quantitative estimate of drug-likeness (QED) is 0.484. The van der Waals surface area contributed by atoms with Crippen LogP contribution in [0, 0.1) is 0 Å². The number of methoxy groups -OCH3 is 1. The molecule has 0 spiro atoms. The van der Waals surface area contributed by atoms with Gasteiger partial charge in [0.25, 0.3) is 0 Å². The van der Waals surface area contributed by atoms with E-state index in [-0.39, 0.29) is 6.42 Å². The topological polar surface area (TPSA) is 76.7 Å². The van der Waals surface area contributed by atoms with Gasteiger partial charge in [-0.1, -0.05) is 6.92 Å². The fourth-order valence-electron chi connectivity index (χ4n) is 3.50. The first-order chi connectivity index (χ1) is 13.5. The lowest BCUT2D eigenvalue weighted by Gasteiger charge is -2.17. The summed E-state index contributed by atoms with van der Waals surface area (Å²) in [6.07, 6.45) is 6.82. The van der Waals surface area contributed by atoms with E-state index >= 15 is 0 Å². The number of ether oxygens (including phenoxy) is 1. The maximum Gasteiger partial charge on any atom is 0.303 e. The first-order valence-electron chi connectivity index (χ1n) is 9.39. The molecule has 3 rings (SSSR count). The van der Waals surface area contributed by atoms with E-state index in [1.54, 1.807) is 13.3 Å². The van der Waals surface area contributed by atoms with Crippen molar-refractivity contribution in [1.29, 1.82) is 0 Å². The Balaban J connectivity index is 2.17. The van der Waals surface area contributed by atoms with Crippen molar-refractivity contribution in [2.75, 3.05) is 7.11 Å². The number of aliphatic carboxylic acids is 1. The molecule has 7 heteroatoms. The predicted molar refractivity (Wildman–Crippen MR) is 111 cm³/mol. The first-order valence-corrected chi connectivity index (χ1v) is 10.2. The maximum atomic E-state index is 10.9. The Kier molecular flexibility index (Phi) is 6.80. The Bertz CT molecular complexity index is 984.